The summed E-state index contributed by atoms with van der Waals surface area (Å²) < 4.78 is 7.63. The Kier molecular flexibility index (Phi) is 5.66. The van der Waals surface area contributed by atoms with Crippen LogP contribution in [0.3, 0.4) is 0 Å². The molecular weight excluding hydrogens is 324 g/mol. The van der Waals surface area contributed by atoms with Crippen LogP contribution in [0.15, 0.2) is 42.7 Å². The Morgan fingerprint density at radius 2 is 1.85 bits per heavy atom. The van der Waals surface area contributed by atoms with Gasteiger partial charge in [-0.1, -0.05) is 19.1 Å². The van der Waals surface area contributed by atoms with E-state index in [0.717, 1.165) is 35.5 Å². The van der Waals surface area contributed by atoms with Gasteiger partial charge in [0, 0.05) is 18.1 Å². The third kappa shape index (κ3) is 4.48. The van der Waals surface area contributed by atoms with Crippen molar-refractivity contribution in [2.45, 2.75) is 46.5 Å². The van der Waals surface area contributed by atoms with Crippen LogP contribution < -0.4 is 4.74 Å². The molecule has 1 aromatic carbocycles. The molecule has 0 unspecified atom stereocenters. The van der Waals surface area contributed by atoms with Crippen molar-refractivity contribution in [1.82, 2.24) is 19.7 Å². The molecule has 5 heteroatoms. The van der Waals surface area contributed by atoms with Crippen molar-refractivity contribution in [1.29, 1.82) is 0 Å². The maximum Gasteiger partial charge on any atom is 0.316 e. The van der Waals surface area contributed by atoms with Gasteiger partial charge in [0.1, 0.15) is 0 Å². The Bertz CT molecular complexity index is 855. The Morgan fingerprint density at radius 1 is 1.08 bits per heavy atom. The second-order valence-electron chi connectivity index (χ2n) is 6.87. The van der Waals surface area contributed by atoms with Crippen LogP contribution in [0.4, 0.5) is 0 Å². The molecule has 0 N–H and O–H groups in total. The Hall–Kier alpha value is -2.69. The van der Waals surface area contributed by atoms with Crippen LogP contribution in [-0.2, 0) is 0 Å². The lowest BCUT2D eigenvalue weighted by Crippen LogP contribution is -2.04. The molecular formula is C21H26N4O. The maximum absolute atomic E-state index is 5.62. The number of nitrogens with zero attached hydrogens (tertiary/aromatic N) is 4. The van der Waals surface area contributed by atoms with Gasteiger partial charge >= 0.3 is 6.01 Å². The Labute approximate surface area is 155 Å². The minimum Gasteiger partial charge on any atom is -0.463 e. The summed E-state index contributed by atoms with van der Waals surface area (Å²) in [4.78, 5) is 8.33. The highest BCUT2D eigenvalue weighted by atomic mass is 16.5. The quantitative estimate of drug-likeness (QED) is 0.587. The van der Waals surface area contributed by atoms with Gasteiger partial charge in [0.2, 0.25) is 0 Å². The average Bonchev–Trinajstić information content (AvgIpc) is 2.98. The van der Waals surface area contributed by atoms with Crippen molar-refractivity contribution < 1.29 is 4.74 Å². The van der Waals surface area contributed by atoms with E-state index in [1.54, 1.807) is 12.4 Å². The first-order chi connectivity index (χ1) is 12.5. The van der Waals surface area contributed by atoms with Gasteiger partial charge in [-0.2, -0.15) is 5.10 Å². The van der Waals surface area contributed by atoms with Crippen molar-refractivity contribution in [2.24, 2.45) is 0 Å². The lowest BCUT2D eigenvalue weighted by Gasteiger charge is -2.14. The molecule has 136 valence electrons. The number of hydrogen-bond acceptors (Lipinski definition) is 4. The molecule has 0 aliphatic carbocycles. The number of ether oxygens (including phenoxy) is 1. The van der Waals surface area contributed by atoms with Crippen molar-refractivity contribution in [2.75, 3.05) is 6.61 Å². The van der Waals surface area contributed by atoms with E-state index in [0.29, 0.717) is 18.5 Å². The van der Waals surface area contributed by atoms with Crippen LogP contribution in [0, 0.1) is 20.8 Å². The van der Waals surface area contributed by atoms with Crippen LogP contribution >= 0.6 is 0 Å². The van der Waals surface area contributed by atoms with Crippen molar-refractivity contribution in [3.8, 4) is 11.7 Å². The van der Waals surface area contributed by atoms with Crippen molar-refractivity contribution in [3.63, 3.8) is 0 Å². The zero-order valence-corrected chi connectivity index (χ0v) is 15.9. The van der Waals surface area contributed by atoms with Gasteiger partial charge in [0.15, 0.2) is 0 Å². The molecule has 2 aromatic heterocycles. The minimum atomic E-state index is 0.453. The van der Waals surface area contributed by atoms with Gasteiger partial charge in [0.05, 0.1) is 18.0 Å². The fourth-order valence-corrected chi connectivity index (χ4v) is 3.03. The fourth-order valence-electron chi connectivity index (χ4n) is 3.03. The standard InChI is InChI=1S/C21H26N4O/c1-15-13-22-21(23-14-15)26-10-6-7-16(2)19-8-5-9-20(12-19)25-18(4)11-17(3)24-25/h5,8-9,11-14,16H,6-7,10H2,1-4H3/t16-/m0/s1. The molecule has 0 saturated heterocycles. The van der Waals surface area contributed by atoms with E-state index in [-0.39, 0.29) is 0 Å². The lowest BCUT2D eigenvalue weighted by atomic mass is 9.96. The first-order valence-electron chi connectivity index (χ1n) is 9.08. The van der Waals surface area contributed by atoms with Crippen LogP contribution in [0.25, 0.3) is 5.69 Å². The second kappa shape index (κ2) is 8.13. The van der Waals surface area contributed by atoms with E-state index in [2.05, 4.69) is 59.2 Å². The summed E-state index contributed by atoms with van der Waals surface area (Å²) in [7, 11) is 0. The summed E-state index contributed by atoms with van der Waals surface area (Å²) in [5.74, 6) is 0.453. The van der Waals surface area contributed by atoms with E-state index < -0.39 is 0 Å². The summed E-state index contributed by atoms with van der Waals surface area (Å²) >= 11 is 0. The second-order valence-corrected chi connectivity index (χ2v) is 6.87. The number of hydrogen-bond donors (Lipinski definition) is 0. The highest BCUT2D eigenvalue weighted by molar-refractivity contribution is 5.38. The van der Waals surface area contributed by atoms with Gasteiger partial charge < -0.3 is 4.74 Å². The molecule has 0 radical (unpaired) electrons. The first kappa shape index (κ1) is 18.1. The summed E-state index contributed by atoms with van der Waals surface area (Å²) in [6.07, 6.45) is 5.56. The summed E-state index contributed by atoms with van der Waals surface area (Å²) in [5, 5.41) is 4.58. The zero-order valence-electron chi connectivity index (χ0n) is 15.9. The van der Waals surface area contributed by atoms with Crippen molar-refractivity contribution >= 4 is 0 Å². The third-order valence-corrected chi connectivity index (χ3v) is 4.46. The van der Waals surface area contributed by atoms with E-state index in [9.17, 15) is 0 Å². The van der Waals surface area contributed by atoms with Gasteiger partial charge in [-0.15, -0.1) is 0 Å². The molecule has 0 bridgehead atoms. The predicted molar refractivity (Wildman–Crippen MR) is 103 cm³/mol. The van der Waals surface area contributed by atoms with E-state index in [1.165, 1.54) is 5.56 Å². The maximum atomic E-state index is 5.62. The molecule has 2 heterocycles. The number of aromatic nitrogens is 4. The zero-order chi connectivity index (χ0) is 18.5. The van der Waals surface area contributed by atoms with Crippen LogP contribution in [-0.4, -0.2) is 26.4 Å². The molecule has 3 aromatic rings. The predicted octanol–water partition coefficient (Wildman–Crippen LogP) is 4.55. The highest BCUT2D eigenvalue weighted by Gasteiger charge is 2.09. The molecule has 0 fully saturated rings. The van der Waals surface area contributed by atoms with Crippen LogP contribution in [0.5, 0.6) is 6.01 Å². The molecule has 1 atom stereocenters. The summed E-state index contributed by atoms with van der Waals surface area (Å²) in [6.45, 7) is 8.95. The highest BCUT2D eigenvalue weighted by Crippen LogP contribution is 2.23. The molecule has 0 amide bonds. The Balaban J connectivity index is 1.56. The van der Waals surface area contributed by atoms with Crippen molar-refractivity contribution in [3.05, 3.63) is 65.2 Å². The lowest BCUT2D eigenvalue weighted by molar-refractivity contribution is 0.279. The van der Waals surface area contributed by atoms with Gasteiger partial charge in [0.25, 0.3) is 0 Å². The average molecular weight is 350 g/mol. The number of rotatable bonds is 7. The smallest absolute Gasteiger partial charge is 0.316 e. The molecule has 5 nitrogen and oxygen atoms in total. The normalized spacial score (nSPS) is 12.2. The van der Waals surface area contributed by atoms with E-state index in [4.69, 9.17) is 4.74 Å². The Morgan fingerprint density at radius 3 is 2.54 bits per heavy atom. The first-order valence-corrected chi connectivity index (χ1v) is 9.08. The summed E-state index contributed by atoms with van der Waals surface area (Å²) in [6, 6.07) is 11.2. The topological polar surface area (TPSA) is 52.8 Å². The fraction of sp³-hybridized carbons (Fsp3) is 0.381. The van der Waals surface area contributed by atoms with Crippen LogP contribution in [0.2, 0.25) is 0 Å². The molecule has 26 heavy (non-hydrogen) atoms. The third-order valence-electron chi connectivity index (χ3n) is 4.46. The van der Waals surface area contributed by atoms with E-state index >= 15 is 0 Å². The van der Waals surface area contributed by atoms with Gasteiger partial charge in [-0.25, -0.2) is 14.6 Å². The largest absolute Gasteiger partial charge is 0.463 e. The van der Waals surface area contributed by atoms with Crippen LogP contribution in [0.1, 0.15) is 48.2 Å². The molecule has 0 saturated carbocycles. The number of benzene rings is 1. The van der Waals surface area contributed by atoms with E-state index in [1.807, 2.05) is 18.5 Å². The molecule has 0 aliphatic heterocycles. The SMILES string of the molecule is Cc1cnc(OCCC[C@H](C)c2cccc(-n3nc(C)cc3C)c2)nc1. The monoisotopic (exact) mass is 350 g/mol. The number of aryl methyl sites for hydroxylation is 3. The summed E-state index contributed by atoms with van der Waals surface area (Å²) in [5.41, 5.74) is 5.66. The molecule has 0 spiro atoms. The minimum absolute atomic E-state index is 0.453. The molecule has 3 rings (SSSR count). The van der Waals surface area contributed by atoms with Gasteiger partial charge in [-0.3, -0.25) is 0 Å². The molecule has 0 aliphatic rings. The van der Waals surface area contributed by atoms with Gasteiger partial charge in [-0.05, 0) is 68.9 Å².